The van der Waals surface area contributed by atoms with Crippen LogP contribution in [0.1, 0.15) is 50.2 Å². The summed E-state index contributed by atoms with van der Waals surface area (Å²) in [5.41, 5.74) is 2.47. The summed E-state index contributed by atoms with van der Waals surface area (Å²) >= 11 is 0. The second kappa shape index (κ2) is 7.04. The Morgan fingerprint density at radius 1 is 1.33 bits per heavy atom. The standard InChI is InChI=1S/C15H22O3/c1-11(2)13-10-12(8-9-14(13)18-3)6-4-5-7-15(16)17/h8-11H,4-7H2,1-3H3,(H,16,17). The molecule has 0 heterocycles. The normalized spacial score (nSPS) is 10.7. The van der Waals surface area contributed by atoms with Crippen LogP contribution in [-0.2, 0) is 11.2 Å². The van der Waals surface area contributed by atoms with Crippen molar-refractivity contribution in [2.24, 2.45) is 0 Å². The van der Waals surface area contributed by atoms with E-state index in [-0.39, 0.29) is 6.42 Å². The first-order valence-corrected chi connectivity index (χ1v) is 6.43. The molecule has 0 aliphatic carbocycles. The SMILES string of the molecule is COc1ccc(CCCCC(=O)O)cc1C(C)C. The van der Waals surface area contributed by atoms with Crippen molar-refractivity contribution in [2.45, 2.75) is 45.4 Å². The summed E-state index contributed by atoms with van der Waals surface area (Å²) in [6.07, 6.45) is 2.83. The van der Waals surface area contributed by atoms with E-state index in [0.717, 1.165) is 25.0 Å². The van der Waals surface area contributed by atoms with Gasteiger partial charge in [-0.3, -0.25) is 4.79 Å². The van der Waals surface area contributed by atoms with Gasteiger partial charge in [0.15, 0.2) is 0 Å². The maximum absolute atomic E-state index is 10.4. The third-order valence-electron chi connectivity index (χ3n) is 3.02. The number of carboxylic acid groups (broad SMARTS) is 1. The van der Waals surface area contributed by atoms with Gasteiger partial charge in [-0.1, -0.05) is 26.0 Å². The van der Waals surface area contributed by atoms with Crippen LogP contribution in [0.15, 0.2) is 18.2 Å². The van der Waals surface area contributed by atoms with Crippen molar-refractivity contribution < 1.29 is 14.6 Å². The summed E-state index contributed by atoms with van der Waals surface area (Å²) in [5.74, 6) is 0.644. The van der Waals surface area contributed by atoms with Crippen LogP contribution < -0.4 is 4.74 Å². The molecule has 0 aromatic heterocycles. The largest absolute Gasteiger partial charge is 0.496 e. The molecule has 1 aromatic rings. The first-order valence-electron chi connectivity index (χ1n) is 6.43. The lowest BCUT2D eigenvalue weighted by Crippen LogP contribution is -1.98. The van der Waals surface area contributed by atoms with Crippen LogP contribution in [0.4, 0.5) is 0 Å². The molecule has 0 bridgehead atoms. The van der Waals surface area contributed by atoms with Crippen LogP contribution in [0.5, 0.6) is 5.75 Å². The topological polar surface area (TPSA) is 46.5 Å². The summed E-state index contributed by atoms with van der Waals surface area (Å²) in [5, 5.41) is 8.58. The number of methoxy groups -OCH3 is 1. The molecule has 0 amide bonds. The monoisotopic (exact) mass is 250 g/mol. The number of hydrogen-bond donors (Lipinski definition) is 1. The van der Waals surface area contributed by atoms with Gasteiger partial charge in [0.1, 0.15) is 5.75 Å². The average Bonchev–Trinajstić information content (AvgIpc) is 2.34. The van der Waals surface area contributed by atoms with E-state index in [1.54, 1.807) is 7.11 Å². The number of hydrogen-bond acceptors (Lipinski definition) is 2. The zero-order chi connectivity index (χ0) is 13.5. The van der Waals surface area contributed by atoms with Crippen molar-refractivity contribution in [1.82, 2.24) is 0 Å². The van der Waals surface area contributed by atoms with Crippen LogP contribution in [0, 0.1) is 0 Å². The number of rotatable bonds is 7. The predicted octanol–water partition coefficient (Wildman–Crippen LogP) is 3.62. The highest BCUT2D eigenvalue weighted by Crippen LogP contribution is 2.27. The van der Waals surface area contributed by atoms with Gasteiger partial charge in [0.25, 0.3) is 0 Å². The number of carbonyl (C=O) groups is 1. The molecule has 0 atom stereocenters. The van der Waals surface area contributed by atoms with Gasteiger partial charge < -0.3 is 9.84 Å². The van der Waals surface area contributed by atoms with Gasteiger partial charge in [-0.2, -0.15) is 0 Å². The molecule has 0 saturated heterocycles. The molecule has 0 aliphatic rings. The first-order chi connectivity index (χ1) is 8.54. The van der Waals surface area contributed by atoms with Crippen LogP contribution in [-0.4, -0.2) is 18.2 Å². The highest BCUT2D eigenvalue weighted by Gasteiger charge is 2.08. The van der Waals surface area contributed by atoms with Crippen molar-refractivity contribution >= 4 is 5.97 Å². The second-order valence-corrected chi connectivity index (χ2v) is 4.83. The molecule has 0 fully saturated rings. The lowest BCUT2D eigenvalue weighted by molar-refractivity contribution is -0.137. The van der Waals surface area contributed by atoms with E-state index in [1.165, 1.54) is 11.1 Å². The number of aliphatic carboxylic acids is 1. The van der Waals surface area contributed by atoms with Crippen molar-refractivity contribution in [2.75, 3.05) is 7.11 Å². The zero-order valence-corrected chi connectivity index (χ0v) is 11.4. The van der Waals surface area contributed by atoms with Crippen LogP contribution in [0.2, 0.25) is 0 Å². The molecular weight excluding hydrogens is 228 g/mol. The third kappa shape index (κ3) is 4.40. The first kappa shape index (κ1) is 14.6. The van der Waals surface area contributed by atoms with Crippen LogP contribution >= 0.6 is 0 Å². The molecule has 0 aliphatic heterocycles. The third-order valence-corrected chi connectivity index (χ3v) is 3.02. The summed E-state index contributed by atoms with van der Waals surface area (Å²) in [6.45, 7) is 4.29. The highest BCUT2D eigenvalue weighted by atomic mass is 16.5. The minimum atomic E-state index is -0.715. The number of ether oxygens (including phenoxy) is 1. The molecule has 0 saturated carbocycles. The number of carboxylic acids is 1. The Bertz CT molecular complexity index is 397. The van der Waals surface area contributed by atoms with E-state index >= 15 is 0 Å². The fourth-order valence-electron chi connectivity index (χ4n) is 2.00. The molecule has 0 radical (unpaired) electrons. The summed E-state index contributed by atoms with van der Waals surface area (Å²) in [4.78, 5) is 10.4. The quantitative estimate of drug-likeness (QED) is 0.752. The molecule has 1 N–H and O–H groups in total. The van der Waals surface area contributed by atoms with E-state index in [0.29, 0.717) is 5.92 Å². The van der Waals surface area contributed by atoms with Crippen LogP contribution in [0.25, 0.3) is 0 Å². The van der Waals surface area contributed by atoms with E-state index < -0.39 is 5.97 Å². The van der Waals surface area contributed by atoms with Gasteiger partial charge in [-0.05, 0) is 42.4 Å². The average molecular weight is 250 g/mol. The molecule has 18 heavy (non-hydrogen) atoms. The lowest BCUT2D eigenvalue weighted by Gasteiger charge is -2.13. The molecule has 1 rings (SSSR count). The smallest absolute Gasteiger partial charge is 0.303 e. The highest BCUT2D eigenvalue weighted by molar-refractivity contribution is 5.66. The number of aryl methyl sites for hydroxylation is 1. The second-order valence-electron chi connectivity index (χ2n) is 4.83. The zero-order valence-electron chi connectivity index (χ0n) is 11.4. The molecule has 0 unspecified atom stereocenters. The van der Waals surface area contributed by atoms with Gasteiger partial charge >= 0.3 is 5.97 Å². The van der Waals surface area contributed by atoms with Crippen molar-refractivity contribution in [3.05, 3.63) is 29.3 Å². The molecule has 1 aromatic carbocycles. The van der Waals surface area contributed by atoms with Gasteiger partial charge in [0, 0.05) is 6.42 Å². The summed E-state index contributed by atoms with van der Waals surface area (Å²) in [7, 11) is 1.69. The molecule has 100 valence electrons. The Labute approximate surface area is 109 Å². The summed E-state index contributed by atoms with van der Waals surface area (Å²) in [6, 6.07) is 6.23. The fourth-order valence-corrected chi connectivity index (χ4v) is 2.00. The van der Waals surface area contributed by atoms with Crippen molar-refractivity contribution in [1.29, 1.82) is 0 Å². The van der Waals surface area contributed by atoms with Crippen molar-refractivity contribution in [3.63, 3.8) is 0 Å². The van der Waals surface area contributed by atoms with Crippen molar-refractivity contribution in [3.8, 4) is 5.75 Å². The van der Waals surface area contributed by atoms with Gasteiger partial charge in [0.05, 0.1) is 7.11 Å². The number of benzene rings is 1. The molecule has 3 nitrogen and oxygen atoms in total. The number of unbranched alkanes of at least 4 members (excludes halogenated alkanes) is 1. The van der Waals surface area contributed by atoms with E-state index in [1.807, 2.05) is 6.07 Å². The Morgan fingerprint density at radius 3 is 2.61 bits per heavy atom. The van der Waals surface area contributed by atoms with Gasteiger partial charge in [-0.25, -0.2) is 0 Å². The van der Waals surface area contributed by atoms with E-state index in [9.17, 15) is 4.79 Å². The van der Waals surface area contributed by atoms with Gasteiger partial charge in [0.2, 0.25) is 0 Å². The Kier molecular flexibility index (Phi) is 5.69. The molecular formula is C15H22O3. The summed E-state index contributed by atoms with van der Waals surface area (Å²) < 4.78 is 5.34. The predicted molar refractivity (Wildman–Crippen MR) is 72.3 cm³/mol. The Hall–Kier alpha value is -1.51. The maximum Gasteiger partial charge on any atom is 0.303 e. The maximum atomic E-state index is 10.4. The Balaban J connectivity index is 2.61. The Morgan fingerprint density at radius 2 is 2.06 bits per heavy atom. The van der Waals surface area contributed by atoms with E-state index in [4.69, 9.17) is 9.84 Å². The van der Waals surface area contributed by atoms with E-state index in [2.05, 4.69) is 26.0 Å². The van der Waals surface area contributed by atoms with Gasteiger partial charge in [-0.15, -0.1) is 0 Å². The lowest BCUT2D eigenvalue weighted by atomic mass is 9.97. The van der Waals surface area contributed by atoms with Crippen LogP contribution in [0.3, 0.4) is 0 Å². The minimum Gasteiger partial charge on any atom is -0.496 e. The molecule has 3 heteroatoms. The minimum absolute atomic E-state index is 0.257. The molecule has 0 spiro atoms. The fraction of sp³-hybridized carbons (Fsp3) is 0.533.